The average molecular weight is 435 g/mol. The molecule has 0 saturated carbocycles. The van der Waals surface area contributed by atoms with Gasteiger partial charge in [-0.15, -0.1) is 0 Å². The minimum atomic E-state index is -4.76. The van der Waals surface area contributed by atoms with Crippen LogP contribution in [-0.2, 0) is 6.18 Å². The van der Waals surface area contributed by atoms with Crippen molar-refractivity contribution < 1.29 is 22.7 Å². The molecule has 0 bridgehead atoms. The molecule has 0 radical (unpaired) electrons. The van der Waals surface area contributed by atoms with Gasteiger partial charge in [0, 0.05) is 12.3 Å². The fraction of sp³-hybridized carbons (Fsp3) is 0.286. The van der Waals surface area contributed by atoms with Crippen molar-refractivity contribution in [3.8, 4) is 11.4 Å². The summed E-state index contributed by atoms with van der Waals surface area (Å²) >= 11 is 0. The quantitative estimate of drug-likeness (QED) is 0.460. The second-order valence-electron chi connectivity index (χ2n) is 7.14. The van der Waals surface area contributed by atoms with Crippen LogP contribution in [0.2, 0.25) is 0 Å². The smallest absolute Gasteiger partial charge is 0.394 e. The number of nitrogens with zero attached hydrogens (tertiary/aromatic N) is 3. The van der Waals surface area contributed by atoms with Gasteiger partial charge in [-0.25, -0.2) is 9.37 Å². The number of nitrogens with one attached hydrogen (secondary N) is 2. The number of halogens is 4. The summed E-state index contributed by atoms with van der Waals surface area (Å²) in [5.74, 6) is -1.05. The Balaban J connectivity index is 2.07. The van der Waals surface area contributed by atoms with E-state index in [1.807, 2.05) is 13.8 Å². The zero-order chi connectivity index (χ0) is 22.6. The van der Waals surface area contributed by atoms with E-state index in [-0.39, 0.29) is 24.3 Å². The lowest BCUT2D eigenvalue weighted by Crippen LogP contribution is -2.30. The van der Waals surface area contributed by atoms with Gasteiger partial charge in [0.2, 0.25) is 5.95 Å². The summed E-state index contributed by atoms with van der Waals surface area (Å²) in [6.07, 6.45) is -3.22. The Kier molecular flexibility index (Phi) is 6.69. The van der Waals surface area contributed by atoms with Crippen molar-refractivity contribution in [3.63, 3.8) is 0 Å². The van der Waals surface area contributed by atoms with Gasteiger partial charge < -0.3 is 15.7 Å². The molecule has 164 valence electrons. The second kappa shape index (κ2) is 9.25. The molecule has 0 saturated heterocycles. The summed E-state index contributed by atoms with van der Waals surface area (Å²) in [5.41, 5.74) is -1.14. The molecule has 0 spiro atoms. The summed E-state index contributed by atoms with van der Waals surface area (Å²) in [5, 5.41) is 15.0. The third kappa shape index (κ3) is 5.46. The molecule has 6 nitrogen and oxygen atoms in total. The molecule has 1 atom stereocenters. The van der Waals surface area contributed by atoms with E-state index in [1.54, 1.807) is 24.4 Å². The van der Waals surface area contributed by atoms with Gasteiger partial charge in [0.05, 0.1) is 35.3 Å². The number of aliphatic hydroxyl groups is 1. The molecule has 0 aliphatic heterocycles. The minimum Gasteiger partial charge on any atom is -0.394 e. The number of hydrogen-bond acceptors (Lipinski definition) is 6. The van der Waals surface area contributed by atoms with E-state index in [0.717, 1.165) is 18.2 Å². The molecule has 31 heavy (non-hydrogen) atoms. The molecule has 3 aromatic rings. The number of anilines is 3. The second-order valence-corrected chi connectivity index (χ2v) is 7.14. The predicted molar refractivity (Wildman–Crippen MR) is 109 cm³/mol. The highest BCUT2D eigenvalue weighted by Gasteiger charge is 2.35. The molecule has 1 aromatic carbocycles. The zero-order valence-electron chi connectivity index (χ0n) is 16.8. The first-order valence-corrected chi connectivity index (χ1v) is 9.49. The molecular formula is C21H21F4N5O. The minimum absolute atomic E-state index is 0.0203. The van der Waals surface area contributed by atoms with Gasteiger partial charge in [-0.1, -0.05) is 26.0 Å². The van der Waals surface area contributed by atoms with Crippen LogP contribution in [-0.4, -0.2) is 32.7 Å². The molecule has 3 N–H and O–H groups in total. The summed E-state index contributed by atoms with van der Waals surface area (Å²) < 4.78 is 54.4. The number of para-hydroxylation sites is 1. The first kappa shape index (κ1) is 22.4. The maximum Gasteiger partial charge on any atom is 0.418 e. The molecule has 0 amide bonds. The van der Waals surface area contributed by atoms with E-state index in [2.05, 4.69) is 25.6 Å². The number of rotatable bonds is 7. The van der Waals surface area contributed by atoms with Crippen LogP contribution >= 0.6 is 0 Å². The molecular weight excluding hydrogens is 414 g/mol. The van der Waals surface area contributed by atoms with E-state index in [1.165, 1.54) is 6.07 Å². The first-order chi connectivity index (χ1) is 14.7. The van der Waals surface area contributed by atoms with E-state index in [0.29, 0.717) is 11.4 Å². The lowest BCUT2D eigenvalue weighted by Gasteiger charge is -2.21. The molecule has 0 unspecified atom stereocenters. The lowest BCUT2D eigenvalue weighted by molar-refractivity contribution is -0.137. The highest BCUT2D eigenvalue weighted by Crippen LogP contribution is 2.37. The fourth-order valence-corrected chi connectivity index (χ4v) is 2.83. The third-order valence-electron chi connectivity index (χ3n) is 4.54. The van der Waals surface area contributed by atoms with E-state index < -0.39 is 29.3 Å². The number of aromatic nitrogens is 3. The maximum absolute atomic E-state index is 14.3. The largest absolute Gasteiger partial charge is 0.418 e. The van der Waals surface area contributed by atoms with Crippen LogP contribution in [0.5, 0.6) is 0 Å². The Morgan fingerprint density at radius 3 is 2.42 bits per heavy atom. The van der Waals surface area contributed by atoms with Gasteiger partial charge in [-0.3, -0.25) is 4.98 Å². The van der Waals surface area contributed by atoms with Crippen LogP contribution in [0.4, 0.5) is 35.0 Å². The van der Waals surface area contributed by atoms with Crippen molar-refractivity contribution in [1.82, 2.24) is 15.0 Å². The Morgan fingerprint density at radius 1 is 1.03 bits per heavy atom. The highest BCUT2D eigenvalue weighted by atomic mass is 19.4. The summed E-state index contributed by atoms with van der Waals surface area (Å²) in [4.78, 5) is 12.7. The average Bonchev–Trinajstić information content (AvgIpc) is 2.73. The SMILES string of the molecule is CC(C)[C@H](CO)Nc1nc(Nc2c(F)cccc2C(F)(F)F)cc(-c2ccccn2)n1. The van der Waals surface area contributed by atoms with Gasteiger partial charge in [-0.05, 0) is 30.2 Å². The van der Waals surface area contributed by atoms with Crippen molar-refractivity contribution in [2.24, 2.45) is 5.92 Å². The van der Waals surface area contributed by atoms with Crippen LogP contribution < -0.4 is 10.6 Å². The van der Waals surface area contributed by atoms with Gasteiger partial charge in [0.1, 0.15) is 11.6 Å². The predicted octanol–water partition coefficient (Wildman–Crippen LogP) is 4.87. The van der Waals surface area contributed by atoms with Crippen LogP contribution in [0.1, 0.15) is 19.4 Å². The number of alkyl halides is 3. The Morgan fingerprint density at radius 2 is 1.81 bits per heavy atom. The Labute approximate surface area is 176 Å². The number of pyridine rings is 1. The van der Waals surface area contributed by atoms with Gasteiger partial charge >= 0.3 is 6.18 Å². The molecule has 2 aromatic heterocycles. The van der Waals surface area contributed by atoms with Crippen LogP contribution in [0.15, 0.2) is 48.7 Å². The van der Waals surface area contributed by atoms with Crippen LogP contribution in [0, 0.1) is 11.7 Å². The van der Waals surface area contributed by atoms with Gasteiger partial charge in [0.15, 0.2) is 0 Å². The Hall–Kier alpha value is -3.27. The molecule has 3 rings (SSSR count). The number of aliphatic hydroxyl groups excluding tert-OH is 1. The molecule has 0 aliphatic rings. The Bertz CT molecular complexity index is 1030. The van der Waals surface area contributed by atoms with Crippen molar-refractivity contribution >= 4 is 17.5 Å². The summed E-state index contributed by atoms with van der Waals surface area (Å²) in [6, 6.07) is 8.79. The standard InChI is InChI=1S/C21H21F4N5O/c1-12(2)17(11-31)28-20-27-16(15-8-3-4-9-26-15)10-18(30-20)29-19-13(21(23,24)25)6-5-7-14(19)22/h3-10,12,17,31H,11H2,1-2H3,(H2,27,28,29,30)/t17-/m0/s1. The highest BCUT2D eigenvalue weighted by molar-refractivity contribution is 5.67. The maximum atomic E-state index is 14.3. The van der Waals surface area contributed by atoms with Gasteiger partial charge in [0.25, 0.3) is 0 Å². The molecule has 0 aliphatic carbocycles. The van der Waals surface area contributed by atoms with Crippen molar-refractivity contribution in [2.45, 2.75) is 26.1 Å². The van der Waals surface area contributed by atoms with Gasteiger partial charge in [-0.2, -0.15) is 18.2 Å². The molecule has 2 heterocycles. The van der Waals surface area contributed by atoms with Crippen molar-refractivity contribution in [3.05, 3.63) is 60.0 Å². The van der Waals surface area contributed by atoms with Crippen molar-refractivity contribution in [2.75, 3.05) is 17.2 Å². The number of hydrogen-bond donors (Lipinski definition) is 3. The summed E-state index contributed by atoms with van der Waals surface area (Å²) in [6.45, 7) is 3.55. The van der Waals surface area contributed by atoms with Crippen LogP contribution in [0.25, 0.3) is 11.4 Å². The van der Waals surface area contributed by atoms with E-state index in [4.69, 9.17) is 0 Å². The molecule has 10 heteroatoms. The monoisotopic (exact) mass is 435 g/mol. The fourth-order valence-electron chi connectivity index (χ4n) is 2.83. The lowest BCUT2D eigenvalue weighted by atomic mass is 10.1. The van der Waals surface area contributed by atoms with Crippen LogP contribution in [0.3, 0.4) is 0 Å². The third-order valence-corrected chi connectivity index (χ3v) is 4.54. The van der Waals surface area contributed by atoms with Crippen molar-refractivity contribution in [1.29, 1.82) is 0 Å². The normalized spacial score (nSPS) is 12.6. The zero-order valence-corrected chi connectivity index (χ0v) is 16.8. The molecule has 0 fully saturated rings. The van der Waals surface area contributed by atoms with E-state index in [9.17, 15) is 22.7 Å². The first-order valence-electron chi connectivity index (χ1n) is 9.49. The summed E-state index contributed by atoms with van der Waals surface area (Å²) in [7, 11) is 0. The topological polar surface area (TPSA) is 83.0 Å². The van der Waals surface area contributed by atoms with E-state index >= 15 is 0 Å². The number of benzene rings is 1.